The number of hydrogen-bond acceptors (Lipinski definition) is 5. The molecule has 0 unspecified atom stereocenters. The van der Waals surface area contributed by atoms with E-state index in [0.717, 1.165) is 11.3 Å². The summed E-state index contributed by atoms with van der Waals surface area (Å²) < 4.78 is 6.68. The van der Waals surface area contributed by atoms with Crippen molar-refractivity contribution in [3.63, 3.8) is 0 Å². The molecular weight excluding hydrogens is 298 g/mol. The lowest BCUT2D eigenvalue weighted by Gasteiger charge is -1.92. The Morgan fingerprint density at radius 2 is 2.44 bits per heavy atom. The van der Waals surface area contributed by atoms with Gasteiger partial charge in [0.15, 0.2) is 0 Å². The van der Waals surface area contributed by atoms with Crippen molar-refractivity contribution in [2.75, 3.05) is 7.11 Å². The topological polar surface area (TPSA) is 77.2 Å². The summed E-state index contributed by atoms with van der Waals surface area (Å²) in [5, 5.41) is 13.4. The second kappa shape index (κ2) is 4.22. The van der Waals surface area contributed by atoms with E-state index >= 15 is 0 Å². The number of nitrogens with zero attached hydrogens (tertiary/aromatic N) is 3. The average Bonchev–Trinajstić information content (AvgIpc) is 2.83. The van der Waals surface area contributed by atoms with E-state index < -0.39 is 5.97 Å². The van der Waals surface area contributed by atoms with Gasteiger partial charge in [0.05, 0.1) is 7.11 Å². The molecule has 0 amide bonds. The summed E-state index contributed by atoms with van der Waals surface area (Å²) in [6.07, 6.45) is 1.65. The van der Waals surface area contributed by atoms with Gasteiger partial charge in [0.25, 0.3) is 0 Å². The van der Waals surface area contributed by atoms with Gasteiger partial charge in [-0.3, -0.25) is 0 Å². The highest BCUT2D eigenvalue weighted by Gasteiger charge is 2.16. The summed E-state index contributed by atoms with van der Waals surface area (Å²) in [7, 11) is 1.51. The van der Waals surface area contributed by atoms with Gasteiger partial charge in [0.2, 0.25) is 11.0 Å². The van der Waals surface area contributed by atoms with E-state index in [-0.39, 0.29) is 4.88 Å². The van der Waals surface area contributed by atoms with Crippen molar-refractivity contribution in [2.45, 2.75) is 0 Å². The second-order valence-electron chi connectivity index (χ2n) is 2.72. The fraction of sp³-hybridized carbons (Fsp3) is 0.125. The summed E-state index contributed by atoms with van der Waals surface area (Å²) in [5.74, 6) is -0.571. The van der Waals surface area contributed by atoms with Crippen molar-refractivity contribution in [3.8, 4) is 11.0 Å². The average molecular weight is 304 g/mol. The first-order chi connectivity index (χ1) is 7.61. The molecule has 0 radical (unpaired) electrons. The van der Waals surface area contributed by atoms with E-state index in [2.05, 4.69) is 26.0 Å². The molecule has 1 N–H and O–H groups in total. The molecule has 0 atom stereocenters. The predicted octanol–water partition coefficient (Wildman–Crippen LogP) is 1.80. The zero-order valence-corrected chi connectivity index (χ0v) is 10.4. The number of rotatable bonds is 3. The maximum atomic E-state index is 10.8. The lowest BCUT2D eigenvalue weighted by molar-refractivity contribution is 0.0701. The van der Waals surface area contributed by atoms with Gasteiger partial charge in [-0.25, -0.2) is 14.5 Å². The first-order valence-electron chi connectivity index (χ1n) is 4.11. The highest BCUT2D eigenvalue weighted by molar-refractivity contribution is 9.10. The van der Waals surface area contributed by atoms with Crippen LogP contribution in [0.5, 0.6) is 5.88 Å². The van der Waals surface area contributed by atoms with E-state index in [9.17, 15) is 4.79 Å². The molecule has 84 valence electrons. The Morgan fingerprint density at radius 3 is 2.94 bits per heavy atom. The van der Waals surface area contributed by atoms with Crippen LogP contribution in [0.4, 0.5) is 0 Å². The molecule has 6 nitrogen and oxygen atoms in total. The van der Waals surface area contributed by atoms with Crippen molar-refractivity contribution in [1.29, 1.82) is 0 Å². The molecule has 0 fully saturated rings. The molecule has 0 bridgehead atoms. The van der Waals surface area contributed by atoms with Gasteiger partial charge in [0.1, 0.15) is 9.48 Å². The first-order valence-corrected chi connectivity index (χ1v) is 5.72. The molecule has 0 saturated carbocycles. The van der Waals surface area contributed by atoms with E-state index in [1.54, 1.807) is 12.3 Å². The number of carboxylic acid groups (broad SMARTS) is 1. The summed E-state index contributed by atoms with van der Waals surface area (Å²) >= 11 is 4.12. The first kappa shape index (κ1) is 11.1. The molecule has 0 saturated heterocycles. The lowest BCUT2D eigenvalue weighted by Crippen LogP contribution is -1.94. The van der Waals surface area contributed by atoms with Gasteiger partial charge in [-0.1, -0.05) is 11.3 Å². The van der Waals surface area contributed by atoms with Crippen LogP contribution in [-0.4, -0.2) is 33.0 Å². The number of aromatic carboxylic acids is 1. The fourth-order valence-corrected chi connectivity index (χ4v) is 2.47. The van der Waals surface area contributed by atoms with Crippen LogP contribution in [0, 0.1) is 0 Å². The zero-order valence-electron chi connectivity index (χ0n) is 8.05. The van der Waals surface area contributed by atoms with E-state index in [1.807, 2.05) is 0 Å². The Bertz CT molecular complexity index is 536. The SMILES string of the molecule is COc1ccn(-c2nc(Br)c(C(=O)O)s2)n1. The summed E-state index contributed by atoms with van der Waals surface area (Å²) in [4.78, 5) is 15.0. The van der Waals surface area contributed by atoms with Crippen LogP contribution in [0.1, 0.15) is 9.67 Å². The number of thiazole rings is 1. The van der Waals surface area contributed by atoms with Crippen molar-refractivity contribution >= 4 is 33.2 Å². The minimum absolute atomic E-state index is 0.143. The second-order valence-corrected chi connectivity index (χ2v) is 4.45. The van der Waals surface area contributed by atoms with Crippen LogP contribution in [0.3, 0.4) is 0 Å². The normalized spacial score (nSPS) is 10.4. The maximum absolute atomic E-state index is 10.8. The van der Waals surface area contributed by atoms with Crippen molar-refractivity contribution < 1.29 is 14.6 Å². The number of carboxylic acids is 1. The highest BCUT2D eigenvalue weighted by Crippen LogP contribution is 2.26. The van der Waals surface area contributed by atoms with Crippen LogP contribution in [0.25, 0.3) is 5.13 Å². The molecule has 0 aliphatic heterocycles. The number of halogens is 1. The van der Waals surface area contributed by atoms with Gasteiger partial charge in [-0.15, -0.1) is 5.10 Å². The van der Waals surface area contributed by atoms with Crippen LogP contribution in [0.15, 0.2) is 16.9 Å². The molecule has 2 rings (SSSR count). The summed E-state index contributed by atoms with van der Waals surface area (Å²) in [5.41, 5.74) is 0. The molecule has 8 heteroatoms. The quantitative estimate of drug-likeness (QED) is 0.935. The van der Waals surface area contributed by atoms with Crippen LogP contribution in [-0.2, 0) is 0 Å². The van der Waals surface area contributed by atoms with Gasteiger partial charge in [0, 0.05) is 12.3 Å². The smallest absolute Gasteiger partial charge is 0.348 e. The maximum Gasteiger partial charge on any atom is 0.348 e. The third kappa shape index (κ3) is 1.93. The number of ether oxygens (including phenoxy) is 1. The van der Waals surface area contributed by atoms with Crippen LogP contribution >= 0.6 is 27.3 Å². The highest BCUT2D eigenvalue weighted by atomic mass is 79.9. The Morgan fingerprint density at radius 1 is 1.69 bits per heavy atom. The van der Waals surface area contributed by atoms with Gasteiger partial charge in [-0.05, 0) is 15.9 Å². The van der Waals surface area contributed by atoms with Crippen molar-refractivity contribution in [2.24, 2.45) is 0 Å². The van der Waals surface area contributed by atoms with E-state index in [0.29, 0.717) is 15.6 Å². The Balaban J connectivity index is 2.41. The minimum Gasteiger partial charge on any atom is -0.480 e. The van der Waals surface area contributed by atoms with Crippen molar-refractivity contribution in [3.05, 3.63) is 21.7 Å². The van der Waals surface area contributed by atoms with Gasteiger partial charge >= 0.3 is 5.97 Å². The largest absolute Gasteiger partial charge is 0.480 e. The molecular formula is C8H6BrN3O3S. The number of methoxy groups -OCH3 is 1. The Hall–Kier alpha value is -1.41. The van der Waals surface area contributed by atoms with Crippen LogP contribution < -0.4 is 4.74 Å². The standard InChI is InChI=1S/C8H6BrN3O3S/c1-15-4-2-3-12(11-4)8-10-6(9)5(16-8)7(13)14/h2-3H,1H3,(H,13,14). The molecule has 0 aliphatic carbocycles. The summed E-state index contributed by atoms with van der Waals surface area (Å²) in [6, 6.07) is 1.66. The fourth-order valence-electron chi connectivity index (χ4n) is 1.04. The summed E-state index contributed by atoms with van der Waals surface area (Å²) in [6.45, 7) is 0. The van der Waals surface area contributed by atoms with Crippen molar-refractivity contribution in [1.82, 2.24) is 14.8 Å². The molecule has 0 aromatic carbocycles. The Kier molecular flexibility index (Phi) is 2.92. The lowest BCUT2D eigenvalue weighted by atomic mass is 10.6. The van der Waals surface area contributed by atoms with Crippen LogP contribution in [0.2, 0.25) is 0 Å². The van der Waals surface area contributed by atoms with E-state index in [4.69, 9.17) is 9.84 Å². The minimum atomic E-state index is -1.02. The molecule has 2 heterocycles. The molecule has 2 aromatic rings. The number of aromatic nitrogens is 3. The molecule has 16 heavy (non-hydrogen) atoms. The third-order valence-corrected chi connectivity index (χ3v) is 3.61. The predicted molar refractivity (Wildman–Crippen MR) is 60.4 cm³/mol. The zero-order chi connectivity index (χ0) is 11.7. The molecule has 2 aromatic heterocycles. The van der Waals surface area contributed by atoms with Gasteiger partial charge < -0.3 is 9.84 Å². The Labute approximate surface area is 103 Å². The monoisotopic (exact) mass is 303 g/mol. The third-order valence-electron chi connectivity index (χ3n) is 1.74. The molecule has 0 spiro atoms. The number of carbonyl (C=O) groups is 1. The van der Waals surface area contributed by atoms with E-state index in [1.165, 1.54) is 11.8 Å². The molecule has 0 aliphatic rings. The van der Waals surface area contributed by atoms with Gasteiger partial charge in [-0.2, -0.15) is 0 Å². The number of hydrogen-bond donors (Lipinski definition) is 1.